The van der Waals surface area contributed by atoms with E-state index in [2.05, 4.69) is 5.32 Å². The first-order chi connectivity index (χ1) is 15.8. The molecular formula is C24H19Cl3N2O3S. The summed E-state index contributed by atoms with van der Waals surface area (Å²) in [6, 6.07) is 17.5. The Labute approximate surface area is 211 Å². The fourth-order valence-electron chi connectivity index (χ4n) is 3.39. The molecule has 1 N–H and O–H groups in total. The van der Waals surface area contributed by atoms with Crippen LogP contribution in [-0.4, -0.2) is 24.2 Å². The molecule has 1 heterocycles. The van der Waals surface area contributed by atoms with Crippen LogP contribution in [0.3, 0.4) is 0 Å². The molecule has 2 amide bonds. The van der Waals surface area contributed by atoms with Gasteiger partial charge in [-0.05, 0) is 67.1 Å². The zero-order valence-corrected chi connectivity index (χ0v) is 20.6. The fourth-order valence-corrected chi connectivity index (χ4v) is 5.07. The Bertz CT molecular complexity index is 1200. The van der Waals surface area contributed by atoms with E-state index in [0.717, 1.165) is 11.3 Å². The minimum atomic E-state index is -0.355. The molecule has 0 bridgehead atoms. The van der Waals surface area contributed by atoms with Gasteiger partial charge >= 0.3 is 0 Å². The van der Waals surface area contributed by atoms with Crippen molar-refractivity contribution in [2.75, 3.05) is 22.6 Å². The predicted molar refractivity (Wildman–Crippen MR) is 136 cm³/mol. The van der Waals surface area contributed by atoms with E-state index in [1.807, 2.05) is 13.0 Å². The molecule has 1 fully saturated rings. The van der Waals surface area contributed by atoms with Crippen molar-refractivity contribution in [1.29, 1.82) is 0 Å². The Balaban J connectivity index is 1.53. The van der Waals surface area contributed by atoms with Crippen molar-refractivity contribution in [1.82, 2.24) is 0 Å². The van der Waals surface area contributed by atoms with Gasteiger partial charge in [-0.3, -0.25) is 14.5 Å². The van der Waals surface area contributed by atoms with Crippen LogP contribution in [0.1, 0.15) is 16.5 Å². The van der Waals surface area contributed by atoms with E-state index in [1.54, 1.807) is 59.5 Å². The van der Waals surface area contributed by atoms with E-state index in [1.165, 1.54) is 11.8 Å². The summed E-state index contributed by atoms with van der Waals surface area (Å²) < 4.78 is 5.86. The second-order valence-corrected chi connectivity index (χ2v) is 9.74. The first kappa shape index (κ1) is 23.8. The van der Waals surface area contributed by atoms with Gasteiger partial charge in [-0.15, -0.1) is 11.8 Å². The summed E-state index contributed by atoms with van der Waals surface area (Å²) >= 11 is 19.9. The van der Waals surface area contributed by atoms with Gasteiger partial charge in [0.25, 0.3) is 5.91 Å². The van der Waals surface area contributed by atoms with Gasteiger partial charge < -0.3 is 10.1 Å². The third kappa shape index (κ3) is 5.58. The Morgan fingerprint density at radius 3 is 2.52 bits per heavy atom. The Morgan fingerprint density at radius 2 is 1.79 bits per heavy atom. The molecule has 1 aliphatic rings. The SMILES string of the molecule is Cc1ccc(NC(=O)COc2ccc(Cl)cc2[C@H]2SCC(=O)N2c2ccc(Cl)cc2)cc1Cl. The van der Waals surface area contributed by atoms with E-state index in [9.17, 15) is 9.59 Å². The van der Waals surface area contributed by atoms with E-state index in [-0.39, 0.29) is 23.8 Å². The summed E-state index contributed by atoms with van der Waals surface area (Å²) in [7, 11) is 0. The number of thioether (sulfide) groups is 1. The van der Waals surface area contributed by atoms with Gasteiger partial charge in [0.05, 0.1) is 5.75 Å². The number of nitrogens with one attached hydrogen (secondary N) is 1. The first-order valence-corrected chi connectivity index (χ1v) is 12.2. The molecule has 0 aromatic heterocycles. The van der Waals surface area contributed by atoms with Crippen LogP contribution in [0.25, 0.3) is 0 Å². The van der Waals surface area contributed by atoms with Crippen molar-refractivity contribution in [2.45, 2.75) is 12.3 Å². The Kier molecular flexibility index (Phi) is 7.39. The number of hydrogen-bond acceptors (Lipinski definition) is 4. The molecule has 3 aromatic carbocycles. The molecule has 170 valence electrons. The molecule has 0 radical (unpaired) electrons. The molecule has 1 saturated heterocycles. The number of hydrogen-bond donors (Lipinski definition) is 1. The lowest BCUT2D eigenvalue weighted by Crippen LogP contribution is -2.28. The number of halogens is 3. The van der Waals surface area contributed by atoms with E-state index in [0.29, 0.717) is 37.8 Å². The smallest absolute Gasteiger partial charge is 0.262 e. The average molecular weight is 522 g/mol. The lowest BCUT2D eigenvalue weighted by Gasteiger charge is -2.26. The highest BCUT2D eigenvalue weighted by molar-refractivity contribution is 8.00. The number of ether oxygens (including phenoxy) is 1. The molecule has 1 atom stereocenters. The van der Waals surface area contributed by atoms with Gasteiger partial charge in [0, 0.05) is 32.0 Å². The number of carbonyl (C=O) groups is 2. The molecule has 3 aromatic rings. The quantitative estimate of drug-likeness (QED) is 0.390. The molecular weight excluding hydrogens is 503 g/mol. The second-order valence-electron chi connectivity index (χ2n) is 7.39. The van der Waals surface area contributed by atoms with E-state index >= 15 is 0 Å². The molecule has 9 heteroatoms. The number of rotatable bonds is 6. The van der Waals surface area contributed by atoms with Crippen LogP contribution in [-0.2, 0) is 9.59 Å². The maximum atomic E-state index is 12.7. The largest absolute Gasteiger partial charge is 0.483 e. The third-order valence-corrected chi connectivity index (χ3v) is 7.11. The molecule has 0 aliphatic carbocycles. The molecule has 0 saturated carbocycles. The van der Waals surface area contributed by atoms with E-state index < -0.39 is 0 Å². The van der Waals surface area contributed by atoms with Crippen molar-refractivity contribution in [3.8, 4) is 5.75 Å². The zero-order valence-electron chi connectivity index (χ0n) is 17.5. The van der Waals surface area contributed by atoms with Gasteiger partial charge in [0.1, 0.15) is 11.1 Å². The highest BCUT2D eigenvalue weighted by atomic mass is 35.5. The van der Waals surface area contributed by atoms with Crippen molar-refractivity contribution in [3.05, 3.63) is 86.9 Å². The van der Waals surface area contributed by atoms with Gasteiger partial charge in [0.2, 0.25) is 5.91 Å². The molecule has 1 aliphatic heterocycles. The highest BCUT2D eigenvalue weighted by Gasteiger charge is 2.36. The van der Waals surface area contributed by atoms with Crippen LogP contribution in [0.4, 0.5) is 11.4 Å². The van der Waals surface area contributed by atoms with Crippen LogP contribution in [0, 0.1) is 6.92 Å². The minimum absolute atomic E-state index is 0.0350. The number of anilines is 2. The maximum Gasteiger partial charge on any atom is 0.262 e. The molecule has 33 heavy (non-hydrogen) atoms. The average Bonchev–Trinajstić information content (AvgIpc) is 3.17. The zero-order chi connectivity index (χ0) is 23.5. The highest BCUT2D eigenvalue weighted by Crippen LogP contribution is 2.45. The summed E-state index contributed by atoms with van der Waals surface area (Å²) in [6.07, 6.45) is 0. The van der Waals surface area contributed by atoms with Gasteiger partial charge in [-0.2, -0.15) is 0 Å². The molecule has 0 unspecified atom stereocenters. The van der Waals surface area contributed by atoms with Crippen LogP contribution in [0.5, 0.6) is 5.75 Å². The number of amides is 2. The van der Waals surface area contributed by atoms with Gasteiger partial charge in [-0.1, -0.05) is 40.9 Å². The first-order valence-electron chi connectivity index (χ1n) is 9.99. The lowest BCUT2D eigenvalue weighted by atomic mass is 10.1. The summed E-state index contributed by atoms with van der Waals surface area (Å²) in [6.45, 7) is 1.67. The summed E-state index contributed by atoms with van der Waals surface area (Å²) in [5, 5.41) is 4.08. The van der Waals surface area contributed by atoms with E-state index in [4.69, 9.17) is 39.5 Å². The monoisotopic (exact) mass is 520 g/mol. The Hall–Kier alpha value is -2.38. The van der Waals surface area contributed by atoms with Crippen LogP contribution in [0.2, 0.25) is 15.1 Å². The second kappa shape index (κ2) is 10.3. The normalized spacial score (nSPS) is 15.6. The van der Waals surface area contributed by atoms with Crippen LogP contribution in [0.15, 0.2) is 60.7 Å². The number of benzene rings is 3. The number of carbonyl (C=O) groups excluding carboxylic acids is 2. The molecule has 5 nitrogen and oxygen atoms in total. The summed E-state index contributed by atoms with van der Waals surface area (Å²) in [5.41, 5.74) is 2.94. The summed E-state index contributed by atoms with van der Waals surface area (Å²) in [4.78, 5) is 26.8. The molecule has 0 spiro atoms. The van der Waals surface area contributed by atoms with Crippen molar-refractivity contribution < 1.29 is 14.3 Å². The third-order valence-electron chi connectivity index (χ3n) is 5.02. The van der Waals surface area contributed by atoms with Crippen molar-refractivity contribution in [3.63, 3.8) is 0 Å². The van der Waals surface area contributed by atoms with Gasteiger partial charge in [-0.25, -0.2) is 0 Å². The van der Waals surface area contributed by atoms with Crippen molar-refractivity contribution >= 4 is 69.8 Å². The minimum Gasteiger partial charge on any atom is -0.483 e. The lowest BCUT2D eigenvalue weighted by molar-refractivity contribution is -0.118. The number of aryl methyl sites for hydroxylation is 1. The molecule has 4 rings (SSSR count). The topological polar surface area (TPSA) is 58.6 Å². The summed E-state index contributed by atoms with van der Waals surface area (Å²) in [5.74, 6) is 0.420. The number of nitrogens with zero attached hydrogens (tertiary/aromatic N) is 1. The van der Waals surface area contributed by atoms with Crippen LogP contribution < -0.4 is 15.0 Å². The standard InChI is InChI=1S/C24H19Cl3N2O3S/c1-14-2-6-17(11-20(14)27)28-22(30)12-32-21-9-5-16(26)10-19(21)24-29(23(31)13-33-24)18-7-3-15(25)4-8-18/h2-11,24H,12-13H2,1H3,(H,28,30)/t24-/m1/s1. The maximum absolute atomic E-state index is 12.7. The fraction of sp³-hybridized carbons (Fsp3) is 0.167. The predicted octanol–water partition coefficient (Wildman–Crippen LogP) is 6.75. The van der Waals surface area contributed by atoms with Crippen LogP contribution >= 0.6 is 46.6 Å². The Morgan fingerprint density at radius 1 is 1.06 bits per heavy atom. The van der Waals surface area contributed by atoms with Crippen molar-refractivity contribution in [2.24, 2.45) is 0 Å². The van der Waals surface area contributed by atoms with Gasteiger partial charge in [0.15, 0.2) is 6.61 Å².